The second kappa shape index (κ2) is 3.90. The van der Waals surface area contributed by atoms with Crippen molar-refractivity contribution in [3.8, 4) is 0 Å². The van der Waals surface area contributed by atoms with Crippen LogP contribution in [0, 0.1) is 13.8 Å². The van der Waals surface area contributed by atoms with Crippen LogP contribution in [0.1, 0.15) is 16.7 Å². The van der Waals surface area contributed by atoms with E-state index in [1.165, 1.54) is 17.2 Å². The van der Waals surface area contributed by atoms with E-state index >= 15 is 0 Å². The maximum absolute atomic E-state index is 10.5. The van der Waals surface area contributed by atoms with E-state index in [9.17, 15) is 4.79 Å². The minimum Gasteiger partial charge on any atom is -0.366 e. The molecule has 0 radical (unpaired) electrons. The van der Waals surface area contributed by atoms with Gasteiger partial charge in [-0.3, -0.25) is 4.79 Å². The molecule has 1 rings (SSSR count). The van der Waals surface area contributed by atoms with E-state index in [1.807, 2.05) is 32.0 Å². The molecular formula is C11H13NO. The fourth-order valence-electron chi connectivity index (χ4n) is 1.13. The molecule has 1 aromatic carbocycles. The van der Waals surface area contributed by atoms with Gasteiger partial charge in [0.2, 0.25) is 5.91 Å². The van der Waals surface area contributed by atoms with Crippen LogP contribution < -0.4 is 5.73 Å². The van der Waals surface area contributed by atoms with Crippen molar-refractivity contribution >= 4 is 12.0 Å². The van der Waals surface area contributed by atoms with Crippen LogP contribution >= 0.6 is 0 Å². The fourth-order valence-corrected chi connectivity index (χ4v) is 1.13. The molecule has 13 heavy (non-hydrogen) atoms. The lowest BCUT2D eigenvalue weighted by Crippen LogP contribution is -2.05. The lowest BCUT2D eigenvalue weighted by molar-refractivity contribution is -0.113. The Morgan fingerprint density at radius 3 is 2.69 bits per heavy atom. The first kappa shape index (κ1) is 9.52. The molecule has 0 bridgehead atoms. The molecule has 2 heteroatoms. The molecular weight excluding hydrogens is 162 g/mol. The molecule has 0 atom stereocenters. The smallest absolute Gasteiger partial charge is 0.241 e. The van der Waals surface area contributed by atoms with Crippen molar-refractivity contribution in [1.29, 1.82) is 0 Å². The highest BCUT2D eigenvalue weighted by molar-refractivity contribution is 5.90. The first-order valence-electron chi connectivity index (χ1n) is 4.15. The quantitative estimate of drug-likeness (QED) is 0.684. The van der Waals surface area contributed by atoms with Crippen LogP contribution in [0.15, 0.2) is 24.3 Å². The standard InChI is InChI=1S/C11H13NO/c1-8-4-3-5-10(9(8)2)6-7-11(12)13/h3-7H,1-2H3,(H2,12,13)/b7-6+. The maximum Gasteiger partial charge on any atom is 0.241 e. The largest absolute Gasteiger partial charge is 0.366 e. The number of rotatable bonds is 2. The Balaban J connectivity index is 3.02. The average Bonchev–Trinajstić information content (AvgIpc) is 2.07. The van der Waals surface area contributed by atoms with Crippen LogP contribution in [0.3, 0.4) is 0 Å². The lowest BCUT2D eigenvalue weighted by atomic mass is 10.0. The van der Waals surface area contributed by atoms with Gasteiger partial charge in [0.25, 0.3) is 0 Å². The van der Waals surface area contributed by atoms with Gasteiger partial charge in [-0.1, -0.05) is 18.2 Å². The molecule has 1 aromatic rings. The van der Waals surface area contributed by atoms with Crippen molar-refractivity contribution in [2.75, 3.05) is 0 Å². The Labute approximate surface area is 78.1 Å². The highest BCUT2D eigenvalue weighted by atomic mass is 16.1. The summed E-state index contributed by atoms with van der Waals surface area (Å²) in [7, 11) is 0. The van der Waals surface area contributed by atoms with E-state index in [4.69, 9.17) is 5.73 Å². The lowest BCUT2D eigenvalue weighted by Gasteiger charge is -2.02. The molecule has 0 spiro atoms. The predicted octanol–water partition coefficient (Wildman–Crippen LogP) is 1.80. The second-order valence-corrected chi connectivity index (χ2v) is 3.02. The predicted molar refractivity (Wildman–Crippen MR) is 54.1 cm³/mol. The Morgan fingerprint density at radius 2 is 2.08 bits per heavy atom. The van der Waals surface area contributed by atoms with E-state index < -0.39 is 5.91 Å². The molecule has 2 nitrogen and oxygen atoms in total. The van der Waals surface area contributed by atoms with Crippen molar-refractivity contribution < 1.29 is 4.79 Å². The van der Waals surface area contributed by atoms with Gasteiger partial charge in [-0.2, -0.15) is 0 Å². The zero-order valence-electron chi connectivity index (χ0n) is 7.87. The zero-order valence-corrected chi connectivity index (χ0v) is 7.87. The molecule has 0 aromatic heterocycles. The van der Waals surface area contributed by atoms with Crippen LogP contribution in [0.4, 0.5) is 0 Å². The monoisotopic (exact) mass is 175 g/mol. The minimum absolute atomic E-state index is 0.416. The molecule has 0 unspecified atom stereocenters. The van der Waals surface area contributed by atoms with Crippen LogP contribution in [-0.4, -0.2) is 5.91 Å². The van der Waals surface area contributed by atoms with Gasteiger partial charge in [0.15, 0.2) is 0 Å². The third-order valence-corrected chi connectivity index (χ3v) is 2.07. The van der Waals surface area contributed by atoms with Crippen molar-refractivity contribution in [3.63, 3.8) is 0 Å². The van der Waals surface area contributed by atoms with Crippen molar-refractivity contribution in [3.05, 3.63) is 41.0 Å². The van der Waals surface area contributed by atoms with E-state index in [2.05, 4.69) is 0 Å². The topological polar surface area (TPSA) is 43.1 Å². The number of nitrogens with two attached hydrogens (primary N) is 1. The summed E-state index contributed by atoms with van der Waals surface area (Å²) < 4.78 is 0. The number of aryl methyl sites for hydroxylation is 1. The normalized spacial score (nSPS) is 10.6. The second-order valence-electron chi connectivity index (χ2n) is 3.02. The molecule has 0 aliphatic rings. The summed E-state index contributed by atoms with van der Waals surface area (Å²) in [4.78, 5) is 10.5. The third-order valence-electron chi connectivity index (χ3n) is 2.07. The van der Waals surface area contributed by atoms with Gasteiger partial charge in [-0.25, -0.2) is 0 Å². The molecule has 0 aliphatic carbocycles. The number of primary amides is 1. The summed E-state index contributed by atoms with van der Waals surface area (Å²) in [5, 5.41) is 0. The third kappa shape index (κ3) is 2.44. The Morgan fingerprint density at radius 1 is 1.38 bits per heavy atom. The van der Waals surface area contributed by atoms with Crippen molar-refractivity contribution in [2.24, 2.45) is 5.73 Å². The highest BCUT2D eigenvalue weighted by Gasteiger charge is 1.96. The van der Waals surface area contributed by atoms with Crippen molar-refractivity contribution in [1.82, 2.24) is 0 Å². The molecule has 2 N–H and O–H groups in total. The molecule has 0 saturated heterocycles. The number of hydrogen-bond donors (Lipinski definition) is 1. The Bertz CT molecular complexity index is 353. The van der Waals surface area contributed by atoms with E-state index in [1.54, 1.807) is 6.08 Å². The molecule has 0 fully saturated rings. The van der Waals surface area contributed by atoms with Gasteiger partial charge >= 0.3 is 0 Å². The molecule has 0 aliphatic heterocycles. The summed E-state index contributed by atoms with van der Waals surface area (Å²) >= 11 is 0. The van der Waals surface area contributed by atoms with Crippen molar-refractivity contribution in [2.45, 2.75) is 13.8 Å². The Hall–Kier alpha value is -1.57. The van der Waals surface area contributed by atoms with Gasteiger partial charge < -0.3 is 5.73 Å². The fraction of sp³-hybridized carbons (Fsp3) is 0.182. The first-order chi connectivity index (χ1) is 6.11. The van der Waals surface area contributed by atoms with E-state index in [-0.39, 0.29) is 0 Å². The van der Waals surface area contributed by atoms with Crippen LogP contribution in [0.25, 0.3) is 6.08 Å². The van der Waals surface area contributed by atoms with Gasteiger partial charge in [-0.15, -0.1) is 0 Å². The van der Waals surface area contributed by atoms with E-state index in [0.717, 1.165) is 5.56 Å². The minimum atomic E-state index is -0.416. The summed E-state index contributed by atoms with van der Waals surface area (Å²) in [6, 6.07) is 5.96. The van der Waals surface area contributed by atoms with Gasteiger partial charge in [0.1, 0.15) is 0 Å². The van der Waals surface area contributed by atoms with Crippen LogP contribution in [0.2, 0.25) is 0 Å². The summed E-state index contributed by atoms with van der Waals surface area (Å²) in [5.41, 5.74) is 8.44. The van der Waals surface area contributed by atoms with Crippen LogP contribution in [-0.2, 0) is 4.79 Å². The summed E-state index contributed by atoms with van der Waals surface area (Å²) in [6.45, 7) is 4.06. The summed E-state index contributed by atoms with van der Waals surface area (Å²) in [5.74, 6) is -0.416. The van der Waals surface area contributed by atoms with Crippen LogP contribution in [0.5, 0.6) is 0 Å². The average molecular weight is 175 g/mol. The zero-order chi connectivity index (χ0) is 9.84. The molecule has 68 valence electrons. The first-order valence-corrected chi connectivity index (χ1v) is 4.15. The van der Waals surface area contributed by atoms with Gasteiger partial charge in [-0.05, 0) is 36.6 Å². The molecule has 0 saturated carbocycles. The highest BCUT2D eigenvalue weighted by Crippen LogP contribution is 2.13. The van der Waals surface area contributed by atoms with E-state index in [0.29, 0.717) is 0 Å². The number of hydrogen-bond acceptors (Lipinski definition) is 1. The summed E-state index contributed by atoms with van der Waals surface area (Å²) in [6.07, 6.45) is 3.12. The van der Waals surface area contributed by atoms with Gasteiger partial charge in [0.05, 0.1) is 0 Å². The SMILES string of the molecule is Cc1cccc(/C=C/C(N)=O)c1C. The number of amides is 1. The van der Waals surface area contributed by atoms with Gasteiger partial charge in [0, 0.05) is 6.08 Å². The molecule has 1 amide bonds. The number of carbonyl (C=O) groups excluding carboxylic acids is 1. The maximum atomic E-state index is 10.5. The number of benzene rings is 1. The number of carbonyl (C=O) groups is 1. The molecule has 0 heterocycles. The Kier molecular flexibility index (Phi) is 2.85.